The number of hydrogen-bond acceptors (Lipinski definition) is 8. The van der Waals surface area contributed by atoms with Gasteiger partial charge in [0.2, 0.25) is 15.9 Å². The smallest absolute Gasteiger partial charge is 0.326 e. The van der Waals surface area contributed by atoms with Crippen LogP contribution in [0.1, 0.15) is 66.0 Å². The molecule has 3 heterocycles. The zero-order chi connectivity index (χ0) is 41.8. The van der Waals surface area contributed by atoms with Crippen LogP contribution in [-0.4, -0.2) is 65.7 Å². The third-order valence-corrected chi connectivity index (χ3v) is 13.2. The Kier molecular flexibility index (Phi) is 12.4. The average Bonchev–Trinajstić information content (AvgIpc) is 3.60. The number of sulfonamides is 1. The molecule has 5 aromatic carbocycles. The standard InChI is InChI=1S/C47H51N5O7S/c1-31-15-21-39(22-16-31)60(56,57)50-41(27-33-9-4-3-5-10-33)45(54)48-37-12-8-11-36(28-37)46-58-43(32(2)44(59-46)35-19-17-34(30-53)18-20-35)29-51-25-23-38(24-26-51)52-42-14-7-6-13-40(42)49-47(52)55/h3-22,28,32,38,41,43-44,46,50,53H,23-27,29-30H2,1-2H3,(H,48,54)(H,49,55)/t32-,41+,43+,44+,46?/m0/s1. The highest BCUT2D eigenvalue weighted by atomic mass is 32.2. The third-order valence-electron chi connectivity index (χ3n) is 11.8. The topological polar surface area (TPSA) is 155 Å². The molecule has 0 bridgehead atoms. The molecule has 5 atom stereocenters. The zero-order valence-corrected chi connectivity index (χ0v) is 34.6. The molecule has 60 heavy (non-hydrogen) atoms. The summed E-state index contributed by atoms with van der Waals surface area (Å²) in [7, 11) is -4.03. The molecule has 0 saturated carbocycles. The summed E-state index contributed by atoms with van der Waals surface area (Å²) in [5.41, 5.74) is 6.34. The number of piperidine rings is 1. The quantitative estimate of drug-likeness (QED) is 0.0993. The van der Waals surface area contributed by atoms with Crippen LogP contribution in [-0.2, 0) is 37.3 Å². The molecular formula is C47H51N5O7S. The van der Waals surface area contributed by atoms with E-state index in [9.17, 15) is 23.1 Å². The van der Waals surface area contributed by atoms with Gasteiger partial charge >= 0.3 is 5.69 Å². The summed E-state index contributed by atoms with van der Waals surface area (Å²) in [5, 5.41) is 12.7. The lowest BCUT2D eigenvalue weighted by molar-refractivity contribution is -0.276. The fraction of sp³-hybridized carbons (Fsp3) is 0.319. The van der Waals surface area contributed by atoms with Gasteiger partial charge in [0.25, 0.3) is 0 Å². The van der Waals surface area contributed by atoms with E-state index in [-0.39, 0.29) is 47.8 Å². The fourth-order valence-electron chi connectivity index (χ4n) is 8.38. The molecule has 1 unspecified atom stereocenters. The number of carbonyl (C=O) groups excluding carboxylic acids is 1. The van der Waals surface area contributed by atoms with E-state index in [0.717, 1.165) is 59.2 Å². The zero-order valence-electron chi connectivity index (χ0n) is 33.7. The third kappa shape index (κ3) is 9.31. The average molecular weight is 830 g/mol. The molecule has 2 fully saturated rings. The summed E-state index contributed by atoms with van der Waals surface area (Å²) in [6, 6.07) is 37.6. The predicted molar refractivity (Wildman–Crippen MR) is 231 cm³/mol. The number of fused-ring (bicyclic) bond motifs is 1. The van der Waals surface area contributed by atoms with Crippen LogP contribution in [0.25, 0.3) is 11.0 Å². The Morgan fingerprint density at radius 2 is 1.57 bits per heavy atom. The number of carbonyl (C=O) groups is 1. The SMILES string of the molecule is Cc1ccc(S(=O)(=O)N[C@H](Cc2ccccc2)C(=O)Nc2cccc(C3O[C@H](CN4CCC(n5c(=O)[nH]c6ccccc65)CC4)[C@H](C)[C@H](c4ccc(CO)cc4)O3)c2)cc1. The van der Waals surface area contributed by atoms with Gasteiger partial charge in [0, 0.05) is 42.8 Å². The Bertz CT molecular complexity index is 2570. The summed E-state index contributed by atoms with van der Waals surface area (Å²) in [6.07, 6.45) is 0.426. The predicted octanol–water partition coefficient (Wildman–Crippen LogP) is 6.79. The van der Waals surface area contributed by atoms with Gasteiger partial charge < -0.3 is 29.8 Å². The second kappa shape index (κ2) is 18.1. The van der Waals surface area contributed by atoms with Crippen molar-refractivity contribution in [3.8, 4) is 0 Å². The largest absolute Gasteiger partial charge is 0.392 e. The van der Waals surface area contributed by atoms with Crippen molar-refractivity contribution in [2.45, 2.75) is 75.2 Å². The number of H-pyrrole nitrogens is 1. The lowest BCUT2D eigenvalue weighted by Gasteiger charge is -2.44. The maximum absolute atomic E-state index is 14.0. The summed E-state index contributed by atoms with van der Waals surface area (Å²) in [5.74, 6) is -0.554. The van der Waals surface area contributed by atoms with Crippen LogP contribution in [0.3, 0.4) is 0 Å². The molecule has 6 aromatic rings. The van der Waals surface area contributed by atoms with Gasteiger partial charge in [0.15, 0.2) is 6.29 Å². The summed E-state index contributed by atoms with van der Waals surface area (Å²) in [4.78, 5) is 32.4. The van der Waals surface area contributed by atoms with Crippen LogP contribution >= 0.6 is 0 Å². The van der Waals surface area contributed by atoms with Crippen LogP contribution in [0.4, 0.5) is 5.69 Å². The first-order valence-corrected chi connectivity index (χ1v) is 22.0. The van der Waals surface area contributed by atoms with Crippen LogP contribution < -0.4 is 15.7 Å². The van der Waals surface area contributed by atoms with Gasteiger partial charge in [-0.25, -0.2) is 13.2 Å². The number of likely N-dealkylation sites (tertiary alicyclic amines) is 1. The number of aromatic nitrogens is 2. The lowest BCUT2D eigenvalue weighted by Crippen LogP contribution is -2.47. The highest BCUT2D eigenvalue weighted by molar-refractivity contribution is 7.89. The summed E-state index contributed by atoms with van der Waals surface area (Å²) >= 11 is 0. The van der Waals surface area contributed by atoms with Crippen molar-refractivity contribution in [3.63, 3.8) is 0 Å². The number of rotatable bonds is 13. The van der Waals surface area contributed by atoms with Gasteiger partial charge in [-0.3, -0.25) is 9.36 Å². The highest BCUT2D eigenvalue weighted by Crippen LogP contribution is 2.42. The number of aliphatic hydroxyl groups excluding tert-OH is 1. The van der Waals surface area contributed by atoms with E-state index >= 15 is 0 Å². The molecule has 4 N–H and O–H groups in total. The van der Waals surface area contributed by atoms with Crippen molar-refractivity contribution in [2.75, 3.05) is 25.0 Å². The number of aromatic amines is 1. The first-order valence-electron chi connectivity index (χ1n) is 20.5. The second-order valence-electron chi connectivity index (χ2n) is 16.0. The molecule has 13 heteroatoms. The van der Waals surface area contributed by atoms with E-state index in [4.69, 9.17) is 9.47 Å². The number of nitrogens with one attached hydrogen (secondary N) is 3. The van der Waals surface area contributed by atoms with Crippen LogP contribution in [0, 0.1) is 12.8 Å². The number of ether oxygens (including phenoxy) is 2. The van der Waals surface area contributed by atoms with E-state index in [0.29, 0.717) is 17.8 Å². The Balaban J connectivity index is 1.01. The molecule has 1 aromatic heterocycles. The molecule has 312 valence electrons. The molecule has 12 nitrogen and oxygen atoms in total. The summed E-state index contributed by atoms with van der Waals surface area (Å²) in [6.45, 7) is 6.19. The van der Waals surface area contributed by atoms with Gasteiger partial charge in [-0.05, 0) is 79.3 Å². The maximum atomic E-state index is 14.0. The minimum atomic E-state index is -4.03. The number of nitrogens with zero attached hydrogens (tertiary/aromatic N) is 2. The van der Waals surface area contributed by atoms with E-state index < -0.39 is 28.3 Å². The van der Waals surface area contributed by atoms with Gasteiger partial charge in [0.05, 0.1) is 34.7 Å². The van der Waals surface area contributed by atoms with Crippen LogP contribution in [0.5, 0.6) is 0 Å². The number of aryl methyl sites for hydroxylation is 1. The number of imidazole rings is 1. The molecule has 0 radical (unpaired) electrons. The fourth-order valence-corrected chi connectivity index (χ4v) is 9.58. The summed E-state index contributed by atoms with van der Waals surface area (Å²) < 4.78 is 45.1. The number of amides is 1. The number of para-hydroxylation sites is 2. The minimum Gasteiger partial charge on any atom is -0.392 e. The van der Waals surface area contributed by atoms with E-state index in [1.165, 1.54) is 12.1 Å². The Labute approximate surface area is 350 Å². The molecule has 8 rings (SSSR count). The van der Waals surface area contributed by atoms with Crippen molar-refractivity contribution < 1.29 is 27.8 Å². The van der Waals surface area contributed by atoms with Gasteiger partial charge in [-0.1, -0.05) is 103 Å². The van der Waals surface area contributed by atoms with Crippen molar-refractivity contribution >= 4 is 32.7 Å². The molecule has 0 spiro atoms. The van der Waals surface area contributed by atoms with Gasteiger partial charge in [-0.15, -0.1) is 0 Å². The Hall–Kier alpha value is -5.41. The first kappa shape index (κ1) is 41.3. The highest BCUT2D eigenvalue weighted by Gasteiger charge is 2.40. The minimum absolute atomic E-state index is 0.0432. The van der Waals surface area contributed by atoms with Crippen molar-refractivity contribution in [2.24, 2.45) is 5.92 Å². The van der Waals surface area contributed by atoms with E-state index in [1.807, 2.05) is 102 Å². The number of aliphatic hydroxyl groups is 1. The molecular weight excluding hydrogens is 779 g/mol. The monoisotopic (exact) mass is 829 g/mol. The Morgan fingerprint density at radius 3 is 2.30 bits per heavy atom. The van der Waals surface area contributed by atoms with Crippen LogP contribution in [0.2, 0.25) is 0 Å². The molecule has 2 saturated heterocycles. The van der Waals surface area contributed by atoms with E-state index in [2.05, 4.69) is 26.8 Å². The molecule has 1 amide bonds. The molecule has 0 aliphatic carbocycles. The molecule has 2 aliphatic heterocycles. The normalized spacial score (nSPS) is 20.9. The number of benzene rings is 5. The van der Waals surface area contributed by atoms with Crippen LogP contribution in [0.15, 0.2) is 137 Å². The van der Waals surface area contributed by atoms with E-state index in [1.54, 1.807) is 24.3 Å². The first-order chi connectivity index (χ1) is 29.0. The van der Waals surface area contributed by atoms with Crippen molar-refractivity contribution in [3.05, 3.63) is 166 Å². The van der Waals surface area contributed by atoms with Gasteiger partial charge in [-0.2, -0.15) is 4.72 Å². The number of anilines is 1. The number of hydrogen-bond donors (Lipinski definition) is 4. The Morgan fingerprint density at radius 1 is 0.850 bits per heavy atom. The van der Waals surface area contributed by atoms with Crippen molar-refractivity contribution in [1.82, 2.24) is 19.2 Å². The lowest BCUT2D eigenvalue weighted by atomic mass is 9.89. The van der Waals surface area contributed by atoms with Crippen molar-refractivity contribution in [1.29, 1.82) is 0 Å². The van der Waals surface area contributed by atoms with Gasteiger partial charge in [0.1, 0.15) is 6.04 Å². The molecule has 2 aliphatic rings. The maximum Gasteiger partial charge on any atom is 0.326 e. The second-order valence-corrected chi connectivity index (χ2v) is 17.7.